The monoisotopic (exact) mass is 295 g/mol. The van der Waals surface area contributed by atoms with Crippen LogP contribution in [0.3, 0.4) is 0 Å². The van der Waals surface area contributed by atoms with Crippen LogP contribution in [-0.2, 0) is 6.54 Å². The Kier molecular flexibility index (Phi) is 3.78. The molecular weight excluding hydrogens is 278 g/mol. The Labute approximate surface area is 128 Å². The maximum absolute atomic E-state index is 12.4. The SMILES string of the molecule is Cc1ccc(CN(C)C(=O)c2ccc(-n3ccnc3)cc2)o1. The fourth-order valence-corrected chi connectivity index (χ4v) is 2.28. The molecular formula is C17H17N3O2. The predicted octanol–water partition coefficient (Wildman–Crippen LogP) is 3.05. The molecule has 0 N–H and O–H groups in total. The Morgan fingerprint density at radius 3 is 2.59 bits per heavy atom. The first-order valence-corrected chi connectivity index (χ1v) is 7.02. The number of benzene rings is 1. The fraction of sp³-hybridized carbons (Fsp3) is 0.176. The highest BCUT2D eigenvalue weighted by Gasteiger charge is 2.13. The number of hydrogen-bond donors (Lipinski definition) is 0. The standard InChI is InChI=1S/C17H17N3O2/c1-13-3-8-16(22-13)11-19(2)17(21)14-4-6-15(7-5-14)20-10-9-18-12-20/h3-10,12H,11H2,1-2H3. The van der Waals surface area contributed by atoms with Crippen LogP contribution in [0.15, 0.2) is 59.5 Å². The first-order valence-electron chi connectivity index (χ1n) is 7.02. The van der Waals surface area contributed by atoms with E-state index < -0.39 is 0 Å². The highest BCUT2D eigenvalue weighted by molar-refractivity contribution is 5.94. The number of aryl methyl sites for hydroxylation is 1. The summed E-state index contributed by atoms with van der Waals surface area (Å²) in [4.78, 5) is 18.1. The van der Waals surface area contributed by atoms with Crippen molar-refractivity contribution in [1.82, 2.24) is 14.5 Å². The first-order chi connectivity index (χ1) is 10.6. The quantitative estimate of drug-likeness (QED) is 0.743. The minimum atomic E-state index is -0.0359. The van der Waals surface area contributed by atoms with Crippen LogP contribution in [0.5, 0.6) is 0 Å². The molecule has 1 amide bonds. The van der Waals surface area contributed by atoms with Crippen LogP contribution in [0, 0.1) is 6.92 Å². The van der Waals surface area contributed by atoms with Crippen LogP contribution in [0.1, 0.15) is 21.9 Å². The zero-order valence-electron chi connectivity index (χ0n) is 12.6. The van der Waals surface area contributed by atoms with E-state index in [1.165, 1.54) is 0 Å². The highest BCUT2D eigenvalue weighted by atomic mass is 16.3. The topological polar surface area (TPSA) is 51.3 Å². The van der Waals surface area contributed by atoms with E-state index in [1.54, 1.807) is 24.5 Å². The van der Waals surface area contributed by atoms with Gasteiger partial charge in [-0.15, -0.1) is 0 Å². The van der Waals surface area contributed by atoms with Crippen LogP contribution < -0.4 is 0 Å². The fourth-order valence-electron chi connectivity index (χ4n) is 2.28. The van der Waals surface area contributed by atoms with E-state index in [2.05, 4.69) is 4.98 Å². The molecule has 0 aliphatic rings. The van der Waals surface area contributed by atoms with E-state index in [1.807, 2.05) is 54.1 Å². The molecule has 2 heterocycles. The van der Waals surface area contributed by atoms with E-state index in [-0.39, 0.29) is 5.91 Å². The Balaban J connectivity index is 1.71. The summed E-state index contributed by atoms with van der Waals surface area (Å²) in [6, 6.07) is 11.2. The van der Waals surface area contributed by atoms with Gasteiger partial charge in [-0.05, 0) is 43.3 Å². The molecule has 5 nitrogen and oxygen atoms in total. The minimum Gasteiger partial charge on any atom is -0.464 e. The van der Waals surface area contributed by atoms with Crippen molar-refractivity contribution in [2.24, 2.45) is 0 Å². The number of rotatable bonds is 4. The molecule has 0 radical (unpaired) electrons. The Morgan fingerprint density at radius 1 is 1.23 bits per heavy atom. The zero-order valence-corrected chi connectivity index (χ0v) is 12.6. The Hall–Kier alpha value is -2.82. The van der Waals surface area contributed by atoms with Crippen molar-refractivity contribution in [2.75, 3.05) is 7.05 Å². The molecule has 22 heavy (non-hydrogen) atoms. The third-order valence-corrected chi connectivity index (χ3v) is 3.45. The van der Waals surface area contributed by atoms with E-state index in [9.17, 15) is 4.79 Å². The normalized spacial score (nSPS) is 10.6. The number of carbonyl (C=O) groups is 1. The van der Waals surface area contributed by atoms with Crippen molar-refractivity contribution < 1.29 is 9.21 Å². The third-order valence-electron chi connectivity index (χ3n) is 3.45. The largest absolute Gasteiger partial charge is 0.464 e. The Morgan fingerprint density at radius 2 is 2.00 bits per heavy atom. The van der Waals surface area contributed by atoms with Crippen LogP contribution in [0.4, 0.5) is 0 Å². The summed E-state index contributed by atoms with van der Waals surface area (Å²) in [7, 11) is 1.77. The van der Waals surface area contributed by atoms with Gasteiger partial charge in [0.25, 0.3) is 5.91 Å². The number of amides is 1. The molecule has 1 aromatic carbocycles. The van der Waals surface area contributed by atoms with Crippen LogP contribution in [-0.4, -0.2) is 27.4 Å². The summed E-state index contributed by atoms with van der Waals surface area (Å²) in [6.07, 6.45) is 5.31. The van der Waals surface area contributed by atoms with E-state index >= 15 is 0 Å². The molecule has 0 bridgehead atoms. The summed E-state index contributed by atoms with van der Waals surface area (Å²) in [6.45, 7) is 2.34. The van der Waals surface area contributed by atoms with Gasteiger partial charge in [0, 0.05) is 30.7 Å². The summed E-state index contributed by atoms with van der Waals surface area (Å²) >= 11 is 0. The molecule has 0 unspecified atom stereocenters. The second-order valence-corrected chi connectivity index (χ2v) is 5.19. The number of nitrogens with zero attached hydrogens (tertiary/aromatic N) is 3. The molecule has 3 aromatic rings. The maximum atomic E-state index is 12.4. The smallest absolute Gasteiger partial charge is 0.254 e. The van der Waals surface area contributed by atoms with Crippen molar-refractivity contribution in [2.45, 2.75) is 13.5 Å². The lowest BCUT2D eigenvalue weighted by Gasteiger charge is -2.16. The van der Waals surface area contributed by atoms with Crippen molar-refractivity contribution in [3.05, 3.63) is 72.2 Å². The summed E-state index contributed by atoms with van der Waals surface area (Å²) in [5.74, 6) is 1.59. The lowest BCUT2D eigenvalue weighted by molar-refractivity contribution is 0.0775. The summed E-state index contributed by atoms with van der Waals surface area (Å²) in [5, 5.41) is 0. The lowest BCUT2D eigenvalue weighted by atomic mass is 10.2. The average molecular weight is 295 g/mol. The van der Waals surface area contributed by atoms with Crippen LogP contribution in [0.2, 0.25) is 0 Å². The molecule has 0 atom stereocenters. The molecule has 2 aromatic heterocycles. The first kappa shape index (κ1) is 14.1. The van der Waals surface area contributed by atoms with Gasteiger partial charge in [-0.25, -0.2) is 4.98 Å². The van der Waals surface area contributed by atoms with Gasteiger partial charge in [0.05, 0.1) is 12.9 Å². The average Bonchev–Trinajstić information content (AvgIpc) is 3.18. The lowest BCUT2D eigenvalue weighted by Crippen LogP contribution is -2.25. The second-order valence-electron chi connectivity index (χ2n) is 5.19. The van der Waals surface area contributed by atoms with E-state index in [0.29, 0.717) is 12.1 Å². The zero-order chi connectivity index (χ0) is 15.5. The van der Waals surface area contributed by atoms with Crippen molar-refractivity contribution in [1.29, 1.82) is 0 Å². The molecule has 5 heteroatoms. The van der Waals surface area contributed by atoms with Gasteiger partial charge in [0.15, 0.2) is 0 Å². The number of furan rings is 1. The van der Waals surface area contributed by atoms with Gasteiger partial charge in [-0.2, -0.15) is 0 Å². The molecule has 0 spiro atoms. The van der Waals surface area contributed by atoms with E-state index in [4.69, 9.17) is 4.42 Å². The predicted molar refractivity (Wildman–Crippen MR) is 82.8 cm³/mol. The number of carbonyl (C=O) groups excluding carboxylic acids is 1. The van der Waals surface area contributed by atoms with E-state index in [0.717, 1.165) is 17.2 Å². The van der Waals surface area contributed by atoms with Gasteiger partial charge >= 0.3 is 0 Å². The van der Waals surface area contributed by atoms with Gasteiger partial charge < -0.3 is 13.9 Å². The summed E-state index contributed by atoms with van der Waals surface area (Å²) in [5.41, 5.74) is 1.62. The molecule has 0 aliphatic heterocycles. The van der Waals surface area contributed by atoms with Gasteiger partial charge in [0.2, 0.25) is 0 Å². The van der Waals surface area contributed by atoms with Gasteiger partial charge in [-0.1, -0.05) is 0 Å². The Bertz CT molecular complexity index is 758. The summed E-state index contributed by atoms with van der Waals surface area (Å²) < 4.78 is 7.40. The third kappa shape index (κ3) is 2.93. The number of aromatic nitrogens is 2. The van der Waals surface area contributed by atoms with Gasteiger partial charge in [0.1, 0.15) is 11.5 Å². The molecule has 0 saturated carbocycles. The molecule has 3 rings (SSSR count). The molecule has 0 fully saturated rings. The molecule has 112 valence electrons. The van der Waals surface area contributed by atoms with Crippen molar-refractivity contribution in [3.63, 3.8) is 0 Å². The van der Waals surface area contributed by atoms with Crippen molar-refractivity contribution >= 4 is 5.91 Å². The molecule has 0 aliphatic carbocycles. The van der Waals surface area contributed by atoms with Crippen molar-refractivity contribution in [3.8, 4) is 5.69 Å². The number of imidazole rings is 1. The number of hydrogen-bond acceptors (Lipinski definition) is 3. The van der Waals surface area contributed by atoms with Crippen LogP contribution in [0.25, 0.3) is 5.69 Å². The van der Waals surface area contributed by atoms with Crippen LogP contribution >= 0.6 is 0 Å². The molecule has 0 saturated heterocycles. The maximum Gasteiger partial charge on any atom is 0.254 e. The second kappa shape index (κ2) is 5.89. The van der Waals surface area contributed by atoms with Gasteiger partial charge in [-0.3, -0.25) is 4.79 Å². The minimum absolute atomic E-state index is 0.0359. The highest BCUT2D eigenvalue weighted by Crippen LogP contribution is 2.13.